The highest BCUT2D eigenvalue weighted by Gasteiger charge is 2.32. The molecule has 27 heavy (non-hydrogen) atoms. The van der Waals surface area contributed by atoms with Gasteiger partial charge in [-0.05, 0) is 56.8 Å². The number of benzene rings is 2. The van der Waals surface area contributed by atoms with Gasteiger partial charge in [0.05, 0.1) is 11.6 Å². The molecule has 140 valence electrons. The molecule has 1 aliphatic heterocycles. The number of carbonyl (C=O) groups is 1. The van der Waals surface area contributed by atoms with Gasteiger partial charge in [-0.1, -0.05) is 47.0 Å². The minimum atomic E-state index is -0.550. The van der Waals surface area contributed by atoms with E-state index in [0.29, 0.717) is 32.0 Å². The number of hydrogen-bond donors (Lipinski definition) is 3. The summed E-state index contributed by atoms with van der Waals surface area (Å²) in [4.78, 5) is 13.1. The van der Waals surface area contributed by atoms with Gasteiger partial charge in [0.15, 0.2) is 5.11 Å². The predicted octanol–water partition coefficient (Wildman–Crippen LogP) is 5.04. The molecule has 2 aromatic rings. The molecule has 0 saturated heterocycles. The van der Waals surface area contributed by atoms with Crippen LogP contribution in [-0.4, -0.2) is 11.0 Å². The van der Waals surface area contributed by atoms with Crippen LogP contribution in [0.2, 0.25) is 10.0 Å². The summed E-state index contributed by atoms with van der Waals surface area (Å²) in [5, 5.41) is 10.5. The summed E-state index contributed by atoms with van der Waals surface area (Å²) in [7, 11) is 0. The molecule has 3 rings (SSSR count). The Balaban J connectivity index is 2.02. The number of halogens is 2. The lowest BCUT2D eigenvalue weighted by atomic mass is 9.94. The summed E-state index contributed by atoms with van der Waals surface area (Å²) in [6, 6.07) is 10.6. The first-order chi connectivity index (χ1) is 12.8. The van der Waals surface area contributed by atoms with Crippen molar-refractivity contribution < 1.29 is 4.79 Å². The Kier molecular flexibility index (Phi) is 5.75. The highest BCUT2D eigenvalue weighted by molar-refractivity contribution is 7.80. The third kappa shape index (κ3) is 4.10. The maximum absolute atomic E-state index is 13.1. The Morgan fingerprint density at radius 3 is 2.41 bits per heavy atom. The second-order valence-electron chi connectivity index (χ2n) is 6.48. The van der Waals surface area contributed by atoms with Crippen LogP contribution in [0, 0.1) is 13.8 Å². The molecule has 0 aromatic heterocycles. The van der Waals surface area contributed by atoms with E-state index in [1.807, 2.05) is 39.0 Å². The average Bonchev–Trinajstić information content (AvgIpc) is 2.56. The van der Waals surface area contributed by atoms with E-state index >= 15 is 0 Å². The summed E-state index contributed by atoms with van der Waals surface area (Å²) < 4.78 is 0. The van der Waals surface area contributed by atoms with Crippen LogP contribution in [0.4, 0.5) is 5.69 Å². The fraction of sp³-hybridized carbons (Fsp3) is 0.200. The van der Waals surface area contributed by atoms with Gasteiger partial charge >= 0.3 is 0 Å². The van der Waals surface area contributed by atoms with Crippen LogP contribution < -0.4 is 16.0 Å². The molecule has 0 spiro atoms. The number of aryl methyl sites for hydroxylation is 2. The van der Waals surface area contributed by atoms with E-state index < -0.39 is 6.04 Å². The SMILES string of the molecule is CC1=C(C(=O)Nc2ccc(C)cc2C)[C@@H](c2c(Cl)cccc2Cl)NC(=S)N1. The van der Waals surface area contributed by atoms with Crippen LogP contribution in [-0.2, 0) is 4.79 Å². The smallest absolute Gasteiger partial charge is 0.255 e. The van der Waals surface area contributed by atoms with Gasteiger partial charge in [-0.25, -0.2) is 0 Å². The fourth-order valence-corrected chi connectivity index (χ4v) is 4.03. The Labute approximate surface area is 173 Å². The second kappa shape index (κ2) is 7.89. The van der Waals surface area contributed by atoms with Crippen molar-refractivity contribution in [2.75, 3.05) is 5.32 Å². The lowest BCUT2D eigenvalue weighted by molar-refractivity contribution is -0.113. The summed E-state index contributed by atoms with van der Waals surface area (Å²) in [5.41, 5.74) is 4.63. The van der Waals surface area contributed by atoms with Crippen molar-refractivity contribution in [3.8, 4) is 0 Å². The average molecular weight is 420 g/mol. The number of hydrogen-bond acceptors (Lipinski definition) is 2. The van der Waals surface area contributed by atoms with Crippen LogP contribution in [0.5, 0.6) is 0 Å². The van der Waals surface area contributed by atoms with Crippen molar-refractivity contribution in [1.29, 1.82) is 0 Å². The van der Waals surface area contributed by atoms with Gasteiger partial charge in [-0.15, -0.1) is 0 Å². The van der Waals surface area contributed by atoms with Crippen LogP contribution in [0.25, 0.3) is 0 Å². The molecule has 0 radical (unpaired) electrons. The fourth-order valence-electron chi connectivity index (χ4n) is 3.14. The first-order valence-corrected chi connectivity index (χ1v) is 9.55. The zero-order valence-electron chi connectivity index (χ0n) is 15.1. The molecule has 2 aromatic carbocycles. The maximum Gasteiger partial charge on any atom is 0.255 e. The highest BCUT2D eigenvalue weighted by Crippen LogP contribution is 2.36. The Morgan fingerprint density at radius 2 is 1.78 bits per heavy atom. The number of rotatable bonds is 3. The van der Waals surface area contributed by atoms with Gasteiger partial charge in [0.1, 0.15) is 0 Å². The molecule has 0 aliphatic carbocycles. The highest BCUT2D eigenvalue weighted by atomic mass is 35.5. The normalized spacial score (nSPS) is 16.6. The third-order valence-electron chi connectivity index (χ3n) is 4.43. The van der Waals surface area contributed by atoms with Crippen molar-refractivity contribution >= 4 is 52.1 Å². The number of allylic oxidation sites excluding steroid dienone is 1. The van der Waals surface area contributed by atoms with Crippen LogP contribution in [0.1, 0.15) is 29.7 Å². The van der Waals surface area contributed by atoms with E-state index in [9.17, 15) is 4.79 Å². The van der Waals surface area contributed by atoms with E-state index in [1.54, 1.807) is 18.2 Å². The predicted molar refractivity (Wildman–Crippen MR) is 115 cm³/mol. The van der Waals surface area contributed by atoms with Gasteiger partial charge in [-0.2, -0.15) is 0 Å². The topological polar surface area (TPSA) is 53.2 Å². The Morgan fingerprint density at radius 1 is 1.11 bits per heavy atom. The first-order valence-electron chi connectivity index (χ1n) is 8.38. The summed E-state index contributed by atoms with van der Waals surface area (Å²) in [6.07, 6.45) is 0. The zero-order chi connectivity index (χ0) is 19.7. The molecule has 0 fully saturated rings. The van der Waals surface area contributed by atoms with Crippen molar-refractivity contribution in [3.63, 3.8) is 0 Å². The van der Waals surface area contributed by atoms with Gasteiger partial charge < -0.3 is 16.0 Å². The number of thiocarbonyl (C=S) groups is 1. The molecule has 7 heteroatoms. The van der Waals surface area contributed by atoms with Crippen LogP contribution in [0.15, 0.2) is 47.7 Å². The molecule has 1 amide bonds. The lowest BCUT2D eigenvalue weighted by Crippen LogP contribution is -2.46. The molecule has 3 N–H and O–H groups in total. The second-order valence-corrected chi connectivity index (χ2v) is 7.70. The van der Waals surface area contributed by atoms with Crippen molar-refractivity contribution in [2.45, 2.75) is 26.8 Å². The van der Waals surface area contributed by atoms with Crippen LogP contribution in [0.3, 0.4) is 0 Å². The largest absolute Gasteiger partial charge is 0.351 e. The Bertz CT molecular complexity index is 951. The third-order valence-corrected chi connectivity index (χ3v) is 5.31. The zero-order valence-corrected chi connectivity index (χ0v) is 17.4. The van der Waals surface area contributed by atoms with Crippen LogP contribution >= 0.6 is 35.4 Å². The molecular weight excluding hydrogens is 401 g/mol. The van der Waals surface area contributed by atoms with E-state index in [-0.39, 0.29) is 5.91 Å². The molecule has 0 bridgehead atoms. The maximum atomic E-state index is 13.1. The first kappa shape index (κ1) is 19.7. The van der Waals surface area contributed by atoms with E-state index in [1.165, 1.54) is 0 Å². The quantitative estimate of drug-likeness (QED) is 0.609. The Hall–Kier alpha value is -2.08. The van der Waals surface area contributed by atoms with Gasteiger partial charge in [-0.3, -0.25) is 4.79 Å². The minimum absolute atomic E-state index is 0.247. The van der Waals surface area contributed by atoms with E-state index in [4.69, 9.17) is 35.4 Å². The standard InChI is InChI=1S/C20H19Cl2N3OS/c1-10-7-8-15(11(2)9-10)24-19(26)16-12(3)23-20(27)25-18(16)17-13(21)5-4-6-14(17)22/h4-9,18H,1-3H3,(H,24,26)(H2,23,25,27)/t18-/m0/s1. The molecular formula is C20H19Cl2N3OS. The minimum Gasteiger partial charge on any atom is -0.351 e. The van der Waals surface area contributed by atoms with Gasteiger partial charge in [0.25, 0.3) is 5.91 Å². The van der Waals surface area contributed by atoms with E-state index in [2.05, 4.69) is 16.0 Å². The van der Waals surface area contributed by atoms with Gasteiger partial charge in [0.2, 0.25) is 0 Å². The summed E-state index contributed by atoms with van der Waals surface area (Å²) >= 11 is 18.1. The van der Waals surface area contributed by atoms with E-state index in [0.717, 1.165) is 16.8 Å². The summed E-state index contributed by atoms with van der Waals surface area (Å²) in [6.45, 7) is 5.77. The molecule has 1 aliphatic rings. The van der Waals surface area contributed by atoms with Crippen molar-refractivity contribution in [2.24, 2.45) is 0 Å². The number of amides is 1. The number of nitrogens with one attached hydrogen (secondary N) is 3. The monoisotopic (exact) mass is 419 g/mol. The number of carbonyl (C=O) groups excluding carboxylic acids is 1. The molecule has 0 saturated carbocycles. The van der Waals surface area contributed by atoms with Crippen molar-refractivity contribution in [1.82, 2.24) is 10.6 Å². The molecule has 1 heterocycles. The van der Waals surface area contributed by atoms with Gasteiger partial charge in [0, 0.05) is 27.0 Å². The lowest BCUT2D eigenvalue weighted by Gasteiger charge is -2.31. The molecule has 0 unspecified atom stereocenters. The summed E-state index contributed by atoms with van der Waals surface area (Å²) in [5.74, 6) is -0.247. The van der Waals surface area contributed by atoms with Crippen molar-refractivity contribution in [3.05, 3.63) is 74.4 Å². The molecule has 4 nitrogen and oxygen atoms in total. The molecule has 1 atom stereocenters. The number of anilines is 1.